The number of nitrogens with one attached hydrogen (secondary N) is 1. The first kappa shape index (κ1) is 20.3. The summed E-state index contributed by atoms with van der Waals surface area (Å²) in [6.07, 6.45) is 0.781. The van der Waals surface area contributed by atoms with Crippen molar-refractivity contribution in [3.05, 3.63) is 0 Å². The molecule has 0 saturated heterocycles. The molecule has 0 heterocycles. The van der Waals surface area contributed by atoms with Gasteiger partial charge in [0.1, 0.15) is 0 Å². The van der Waals surface area contributed by atoms with Crippen LogP contribution in [0.1, 0.15) is 34.1 Å². The zero-order valence-electron chi connectivity index (χ0n) is 13.9. The van der Waals surface area contributed by atoms with Crippen LogP contribution in [-0.4, -0.2) is 64.3 Å². The van der Waals surface area contributed by atoms with Crippen molar-refractivity contribution in [1.29, 1.82) is 0 Å². The van der Waals surface area contributed by atoms with Crippen molar-refractivity contribution in [3.8, 4) is 0 Å². The van der Waals surface area contributed by atoms with Crippen molar-refractivity contribution in [2.24, 2.45) is 0 Å². The minimum Gasteiger partial charge on any atom is -0.379 e. The van der Waals surface area contributed by atoms with E-state index in [1.165, 1.54) is 0 Å². The second-order valence-electron chi connectivity index (χ2n) is 5.16. The molecule has 0 aromatic carbocycles. The van der Waals surface area contributed by atoms with Crippen LogP contribution in [0.3, 0.4) is 0 Å². The topological polar surface area (TPSA) is 66.0 Å². The van der Waals surface area contributed by atoms with Gasteiger partial charge in [0.2, 0.25) is 5.91 Å². The molecule has 0 rings (SSSR count). The van der Waals surface area contributed by atoms with Gasteiger partial charge in [-0.2, -0.15) is 0 Å². The Morgan fingerprint density at radius 3 is 1.95 bits per heavy atom. The van der Waals surface area contributed by atoms with Gasteiger partial charge in [-0.05, 0) is 27.7 Å². The molecule has 21 heavy (non-hydrogen) atoms. The first-order valence-electron chi connectivity index (χ1n) is 7.67. The summed E-state index contributed by atoms with van der Waals surface area (Å²) in [6, 6.07) is 0. The standard InChI is InChI=1S/C15H31NO5/c1-13(2)20-8-6-16-15(17)5-7-18-9-10-19-11-12-21-14(3)4/h13-14H,5-12H2,1-4H3,(H,16,17). The first-order valence-corrected chi connectivity index (χ1v) is 7.67. The number of ether oxygens (including phenoxy) is 4. The Kier molecular flexibility index (Phi) is 13.8. The minimum absolute atomic E-state index is 0.0198. The Labute approximate surface area is 128 Å². The van der Waals surface area contributed by atoms with Gasteiger partial charge in [0, 0.05) is 13.0 Å². The van der Waals surface area contributed by atoms with Crippen molar-refractivity contribution < 1.29 is 23.7 Å². The van der Waals surface area contributed by atoms with Gasteiger partial charge in [0.05, 0.1) is 51.8 Å². The van der Waals surface area contributed by atoms with E-state index < -0.39 is 0 Å². The highest BCUT2D eigenvalue weighted by atomic mass is 16.5. The number of hydrogen-bond donors (Lipinski definition) is 1. The molecule has 0 aliphatic heterocycles. The van der Waals surface area contributed by atoms with Crippen LogP contribution in [0.4, 0.5) is 0 Å². The van der Waals surface area contributed by atoms with Crippen LogP contribution >= 0.6 is 0 Å². The highest BCUT2D eigenvalue weighted by Crippen LogP contribution is 1.89. The van der Waals surface area contributed by atoms with Crippen LogP contribution in [0.5, 0.6) is 0 Å². The number of rotatable bonds is 14. The highest BCUT2D eigenvalue weighted by Gasteiger charge is 2.01. The highest BCUT2D eigenvalue weighted by molar-refractivity contribution is 5.75. The van der Waals surface area contributed by atoms with E-state index >= 15 is 0 Å². The smallest absolute Gasteiger partial charge is 0.222 e. The molecule has 6 nitrogen and oxygen atoms in total. The Balaban J connectivity index is 3.18. The van der Waals surface area contributed by atoms with Crippen LogP contribution in [0.25, 0.3) is 0 Å². The fraction of sp³-hybridized carbons (Fsp3) is 0.933. The first-order chi connectivity index (χ1) is 10.0. The van der Waals surface area contributed by atoms with Crippen LogP contribution in [0.15, 0.2) is 0 Å². The average Bonchev–Trinajstić information content (AvgIpc) is 2.41. The van der Waals surface area contributed by atoms with Crippen molar-refractivity contribution in [1.82, 2.24) is 5.32 Å². The fourth-order valence-electron chi connectivity index (χ4n) is 1.40. The predicted octanol–water partition coefficient (Wildman–Crippen LogP) is 1.38. The molecule has 0 aromatic heterocycles. The monoisotopic (exact) mass is 305 g/mol. The van der Waals surface area contributed by atoms with E-state index in [2.05, 4.69) is 5.32 Å². The van der Waals surface area contributed by atoms with Crippen LogP contribution in [0, 0.1) is 0 Å². The zero-order valence-corrected chi connectivity index (χ0v) is 13.9. The zero-order chi connectivity index (χ0) is 15.9. The quantitative estimate of drug-likeness (QED) is 0.491. The van der Waals surface area contributed by atoms with Gasteiger partial charge in [-0.15, -0.1) is 0 Å². The maximum atomic E-state index is 11.4. The lowest BCUT2D eigenvalue weighted by atomic mass is 10.4. The van der Waals surface area contributed by atoms with Crippen molar-refractivity contribution in [2.45, 2.75) is 46.3 Å². The number of carbonyl (C=O) groups is 1. The summed E-state index contributed by atoms with van der Waals surface area (Å²) in [4.78, 5) is 11.4. The van der Waals surface area contributed by atoms with Gasteiger partial charge in [-0.1, -0.05) is 0 Å². The molecule has 0 unspecified atom stereocenters. The van der Waals surface area contributed by atoms with E-state index in [4.69, 9.17) is 18.9 Å². The molecule has 0 radical (unpaired) electrons. The lowest BCUT2D eigenvalue weighted by Crippen LogP contribution is -2.28. The summed E-state index contributed by atoms with van der Waals surface area (Å²) in [5.41, 5.74) is 0. The van der Waals surface area contributed by atoms with Gasteiger partial charge in [0.25, 0.3) is 0 Å². The summed E-state index contributed by atoms with van der Waals surface area (Å²) >= 11 is 0. The number of hydrogen-bond acceptors (Lipinski definition) is 5. The van der Waals surface area contributed by atoms with E-state index in [0.29, 0.717) is 52.6 Å². The third kappa shape index (κ3) is 17.3. The third-order valence-corrected chi connectivity index (χ3v) is 2.40. The summed E-state index contributed by atoms with van der Waals surface area (Å²) in [6.45, 7) is 11.6. The van der Waals surface area contributed by atoms with Gasteiger partial charge in [-0.3, -0.25) is 4.79 Å². The molecule has 0 bridgehead atoms. The van der Waals surface area contributed by atoms with Gasteiger partial charge in [0.15, 0.2) is 0 Å². The molecule has 126 valence electrons. The third-order valence-electron chi connectivity index (χ3n) is 2.40. The largest absolute Gasteiger partial charge is 0.379 e. The maximum Gasteiger partial charge on any atom is 0.222 e. The Bertz CT molecular complexity index is 246. The minimum atomic E-state index is -0.0198. The molecule has 1 N–H and O–H groups in total. The molecule has 0 saturated carbocycles. The van der Waals surface area contributed by atoms with Crippen molar-refractivity contribution in [3.63, 3.8) is 0 Å². The molecule has 6 heteroatoms. The normalized spacial score (nSPS) is 11.3. The van der Waals surface area contributed by atoms with Gasteiger partial charge in [-0.25, -0.2) is 0 Å². The van der Waals surface area contributed by atoms with E-state index in [1.54, 1.807) is 0 Å². The molecule has 0 atom stereocenters. The molecule has 1 amide bonds. The van der Waals surface area contributed by atoms with Gasteiger partial charge >= 0.3 is 0 Å². The lowest BCUT2D eigenvalue weighted by Gasteiger charge is -2.09. The molecular weight excluding hydrogens is 274 g/mol. The lowest BCUT2D eigenvalue weighted by molar-refractivity contribution is -0.122. The second-order valence-corrected chi connectivity index (χ2v) is 5.16. The summed E-state index contributed by atoms with van der Waals surface area (Å²) in [7, 11) is 0. The van der Waals surface area contributed by atoms with Gasteiger partial charge < -0.3 is 24.3 Å². The molecular formula is C15H31NO5. The molecule has 0 aromatic rings. The van der Waals surface area contributed by atoms with E-state index in [0.717, 1.165) is 0 Å². The van der Waals surface area contributed by atoms with E-state index in [1.807, 2.05) is 27.7 Å². The van der Waals surface area contributed by atoms with E-state index in [-0.39, 0.29) is 18.1 Å². The summed E-state index contributed by atoms with van der Waals surface area (Å²) in [5.74, 6) is -0.0198. The molecule has 0 aliphatic rings. The molecule has 0 spiro atoms. The second kappa shape index (κ2) is 14.3. The van der Waals surface area contributed by atoms with E-state index in [9.17, 15) is 4.79 Å². The predicted molar refractivity (Wildman–Crippen MR) is 81.4 cm³/mol. The fourth-order valence-corrected chi connectivity index (χ4v) is 1.40. The Morgan fingerprint density at radius 2 is 1.33 bits per heavy atom. The number of carbonyl (C=O) groups excluding carboxylic acids is 1. The van der Waals surface area contributed by atoms with Crippen LogP contribution in [-0.2, 0) is 23.7 Å². The SMILES string of the molecule is CC(C)OCCNC(=O)CCOCCOCCOC(C)C. The molecule has 0 fully saturated rings. The van der Waals surface area contributed by atoms with Crippen molar-refractivity contribution in [2.75, 3.05) is 46.2 Å². The number of amides is 1. The summed E-state index contributed by atoms with van der Waals surface area (Å²) in [5, 5.41) is 2.78. The van der Waals surface area contributed by atoms with Crippen LogP contribution < -0.4 is 5.32 Å². The van der Waals surface area contributed by atoms with Crippen LogP contribution in [0.2, 0.25) is 0 Å². The Morgan fingerprint density at radius 1 is 0.810 bits per heavy atom. The average molecular weight is 305 g/mol. The molecule has 0 aliphatic carbocycles. The summed E-state index contributed by atoms with van der Waals surface area (Å²) < 4.78 is 21.3. The van der Waals surface area contributed by atoms with Crippen molar-refractivity contribution >= 4 is 5.91 Å². The Hall–Kier alpha value is -0.690. The maximum absolute atomic E-state index is 11.4.